The number of hydrogen-bond acceptors (Lipinski definition) is 2. The molecule has 2 nitrogen and oxygen atoms in total. The Morgan fingerprint density at radius 1 is 0.808 bits per heavy atom. The summed E-state index contributed by atoms with van der Waals surface area (Å²) in [7, 11) is 0. The molecule has 26 heavy (non-hydrogen) atoms. The lowest BCUT2D eigenvalue weighted by atomic mass is 10.0. The van der Waals surface area contributed by atoms with Crippen molar-refractivity contribution in [2.75, 3.05) is 0 Å². The minimum absolute atomic E-state index is 0.0887. The van der Waals surface area contributed by atoms with Crippen LogP contribution < -0.4 is 5.63 Å². The van der Waals surface area contributed by atoms with Crippen LogP contribution in [0.2, 0.25) is 0 Å². The SMILES string of the molecule is CCCCCCCCCCc1ccc2c(oc(=O)c3ccccc32)c1F. The van der Waals surface area contributed by atoms with Crippen molar-refractivity contribution in [2.24, 2.45) is 0 Å². The van der Waals surface area contributed by atoms with Gasteiger partial charge in [-0.15, -0.1) is 0 Å². The van der Waals surface area contributed by atoms with Gasteiger partial charge in [-0.25, -0.2) is 9.18 Å². The third-order valence-corrected chi connectivity index (χ3v) is 5.11. The summed E-state index contributed by atoms with van der Waals surface area (Å²) >= 11 is 0. The van der Waals surface area contributed by atoms with Crippen LogP contribution in [0.25, 0.3) is 21.7 Å². The van der Waals surface area contributed by atoms with Crippen molar-refractivity contribution in [3.05, 3.63) is 58.2 Å². The number of benzene rings is 2. The van der Waals surface area contributed by atoms with E-state index in [1.807, 2.05) is 24.3 Å². The van der Waals surface area contributed by atoms with Crippen LogP contribution in [-0.2, 0) is 6.42 Å². The smallest absolute Gasteiger partial charge is 0.344 e. The highest BCUT2D eigenvalue weighted by atomic mass is 19.1. The lowest BCUT2D eigenvalue weighted by molar-refractivity contribution is 0.520. The molecule has 0 N–H and O–H groups in total. The van der Waals surface area contributed by atoms with Crippen LogP contribution in [-0.4, -0.2) is 0 Å². The van der Waals surface area contributed by atoms with Gasteiger partial charge in [-0.2, -0.15) is 0 Å². The van der Waals surface area contributed by atoms with Gasteiger partial charge in [0.05, 0.1) is 5.39 Å². The number of aryl methyl sites for hydroxylation is 1. The van der Waals surface area contributed by atoms with Crippen molar-refractivity contribution in [2.45, 2.75) is 64.7 Å². The first-order valence-corrected chi connectivity index (χ1v) is 9.85. The van der Waals surface area contributed by atoms with Gasteiger partial charge in [0, 0.05) is 10.8 Å². The Kier molecular flexibility index (Phi) is 6.43. The first-order chi connectivity index (χ1) is 12.7. The van der Waals surface area contributed by atoms with Gasteiger partial charge in [-0.3, -0.25) is 0 Å². The second-order valence-corrected chi connectivity index (χ2v) is 7.08. The molecular weight excluding hydrogens is 327 g/mol. The molecule has 3 rings (SSSR count). The lowest BCUT2D eigenvalue weighted by Crippen LogP contribution is -2.02. The molecule has 0 bridgehead atoms. The minimum atomic E-state index is -0.476. The van der Waals surface area contributed by atoms with Gasteiger partial charge in [0.2, 0.25) is 0 Å². The maximum Gasteiger partial charge on any atom is 0.344 e. The van der Waals surface area contributed by atoms with Crippen molar-refractivity contribution < 1.29 is 8.81 Å². The van der Waals surface area contributed by atoms with Gasteiger partial charge < -0.3 is 4.42 Å². The van der Waals surface area contributed by atoms with Crippen molar-refractivity contribution in [1.82, 2.24) is 0 Å². The molecule has 1 aromatic heterocycles. The van der Waals surface area contributed by atoms with E-state index in [4.69, 9.17) is 4.42 Å². The molecule has 0 aliphatic rings. The summed E-state index contributed by atoms with van der Waals surface area (Å²) in [5.74, 6) is -0.381. The Balaban J connectivity index is 1.68. The van der Waals surface area contributed by atoms with E-state index < -0.39 is 5.63 Å². The Labute approximate surface area is 154 Å². The number of rotatable bonds is 9. The zero-order valence-corrected chi connectivity index (χ0v) is 15.5. The van der Waals surface area contributed by atoms with E-state index in [9.17, 15) is 9.18 Å². The highest BCUT2D eigenvalue weighted by Crippen LogP contribution is 2.27. The molecule has 0 unspecified atom stereocenters. The van der Waals surface area contributed by atoms with Crippen molar-refractivity contribution in [1.29, 1.82) is 0 Å². The van der Waals surface area contributed by atoms with Gasteiger partial charge in [0.25, 0.3) is 0 Å². The van der Waals surface area contributed by atoms with Crippen LogP contribution in [0, 0.1) is 5.82 Å². The molecule has 0 radical (unpaired) electrons. The molecular formula is C23H27FO2. The Bertz CT molecular complexity index is 927. The third kappa shape index (κ3) is 4.14. The van der Waals surface area contributed by atoms with E-state index in [2.05, 4.69) is 6.92 Å². The molecule has 0 aliphatic carbocycles. The topological polar surface area (TPSA) is 30.2 Å². The van der Waals surface area contributed by atoms with E-state index >= 15 is 0 Å². The van der Waals surface area contributed by atoms with Crippen LogP contribution in [0.15, 0.2) is 45.6 Å². The zero-order valence-electron chi connectivity index (χ0n) is 15.5. The molecule has 138 valence electrons. The van der Waals surface area contributed by atoms with Crippen molar-refractivity contribution in [3.8, 4) is 0 Å². The third-order valence-electron chi connectivity index (χ3n) is 5.11. The second-order valence-electron chi connectivity index (χ2n) is 7.08. The average Bonchev–Trinajstić information content (AvgIpc) is 2.66. The first kappa shape index (κ1) is 18.6. The Morgan fingerprint density at radius 3 is 2.19 bits per heavy atom. The highest BCUT2D eigenvalue weighted by Gasteiger charge is 2.14. The Hall–Kier alpha value is -2.16. The van der Waals surface area contributed by atoms with Crippen LogP contribution >= 0.6 is 0 Å². The number of halogens is 1. The standard InChI is InChI=1S/C23H27FO2/c1-2-3-4-5-6-7-8-9-12-17-15-16-19-18-13-10-11-14-20(18)23(25)26-22(19)21(17)24/h10-11,13-16H,2-9,12H2,1H3. The van der Waals surface area contributed by atoms with Gasteiger partial charge >= 0.3 is 5.63 Å². The van der Waals surface area contributed by atoms with Gasteiger partial charge in [-0.05, 0) is 24.5 Å². The quantitative estimate of drug-likeness (QED) is 0.241. The van der Waals surface area contributed by atoms with E-state index in [1.54, 1.807) is 12.1 Å². The van der Waals surface area contributed by atoms with Gasteiger partial charge in [-0.1, -0.05) is 82.2 Å². The summed E-state index contributed by atoms with van der Waals surface area (Å²) in [6.07, 6.45) is 10.5. The fourth-order valence-electron chi connectivity index (χ4n) is 3.59. The molecule has 2 aromatic carbocycles. The Morgan fingerprint density at radius 2 is 1.46 bits per heavy atom. The highest BCUT2D eigenvalue weighted by molar-refractivity contribution is 6.04. The molecule has 0 saturated heterocycles. The molecule has 0 aliphatic heterocycles. The summed E-state index contributed by atoms with van der Waals surface area (Å²) in [5.41, 5.74) is 0.254. The monoisotopic (exact) mass is 354 g/mol. The largest absolute Gasteiger partial charge is 0.419 e. The first-order valence-electron chi connectivity index (χ1n) is 9.85. The summed E-state index contributed by atoms with van der Waals surface area (Å²) in [6.45, 7) is 2.23. The fourth-order valence-corrected chi connectivity index (χ4v) is 3.59. The summed E-state index contributed by atoms with van der Waals surface area (Å²) in [5, 5.41) is 1.91. The van der Waals surface area contributed by atoms with Crippen molar-refractivity contribution >= 4 is 21.7 Å². The van der Waals surface area contributed by atoms with E-state index in [0.29, 0.717) is 22.8 Å². The zero-order chi connectivity index (χ0) is 18.4. The average molecular weight is 354 g/mol. The maximum atomic E-state index is 14.9. The summed E-state index contributed by atoms with van der Waals surface area (Å²) < 4.78 is 20.2. The predicted molar refractivity (Wildman–Crippen MR) is 106 cm³/mol. The van der Waals surface area contributed by atoms with Crippen LogP contribution in [0.3, 0.4) is 0 Å². The van der Waals surface area contributed by atoms with E-state index in [0.717, 1.165) is 18.2 Å². The molecule has 0 atom stereocenters. The molecule has 1 heterocycles. The second kappa shape index (κ2) is 8.98. The molecule has 0 fully saturated rings. The number of fused-ring (bicyclic) bond motifs is 3. The molecule has 3 aromatic rings. The maximum absolute atomic E-state index is 14.9. The summed E-state index contributed by atoms with van der Waals surface area (Å²) in [4.78, 5) is 12.1. The van der Waals surface area contributed by atoms with E-state index in [1.165, 1.54) is 38.5 Å². The minimum Gasteiger partial charge on any atom is -0.419 e. The predicted octanol–water partition coefficient (Wildman–Crippen LogP) is 6.77. The van der Waals surface area contributed by atoms with Gasteiger partial charge in [0.1, 0.15) is 0 Å². The van der Waals surface area contributed by atoms with E-state index in [-0.39, 0.29) is 11.4 Å². The molecule has 0 saturated carbocycles. The summed E-state index contributed by atoms with van der Waals surface area (Å²) in [6, 6.07) is 10.9. The van der Waals surface area contributed by atoms with Crippen LogP contribution in [0.5, 0.6) is 0 Å². The van der Waals surface area contributed by atoms with Gasteiger partial charge in [0.15, 0.2) is 11.4 Å². The van der Waals surface area contributed by atoms with Crippen LogP contribution in [0.1, 0.15) is 63.9 Å². The van der Waals surface area contributed by atoms with Crippen molar-refractivity contribution in [3.63, 3.8) is 0 Å². The lowest BCUT2D eigenvalue weighted by Gasteiger charge is -2.08. The molecule has 0 spiro atoms. The molecule has 3 heteroatoms. The molecule has 0 amide bonds. The normalized spacial score (nSPS) is 11.5. The van der Waals surface area contributed by atoms with Crippen LogP contribution in [0.4, 0.5) is 4.39 Å². The number of unbranched alkanes of at least 4 members (excludes halogenated alkanes) is 7. The number of hydrogen-bond donors (Lipinski definition) is 0. The fraction of sp³-hybridized carbons (Fsp3) is 0.435.